The lowest BCUT2D eigenvalue weighted by Crippen LogP contribution is -2.63. The van der Waals surface area contributed by atoms with Crippen molar-refractivity contribution in [2.45, 2.75) is 157 Å². The van der Waals surface area contributed by atoms with Crippen LogP contribution in [-0.4, -0.2) is 170 Å². The first-order valence-corrected chi connectivity index (χ1v) is 16.5. The second kappa shape index (κ2) is 19.5. The molecule has 0 aliphatic carbocycles. The molecule has 0 aromatic carbocycles. The highest BCUT2D eigenvalue weighted by Gasteiger charge is 2.58. The molecule has 0 bridgehead atoms. The third-order valence-corrected chi connectivity index (χ3v) is 8.91. The van der Waals surface area contributed by atoms with Gasteiger partial charge in [0.25, 0.3) is 0 Å². The number of unbranched alkanes of at least 4 members (excludes halogenated alkanes) is 9. The predicted molar refractivity (Wildman–Crippen MR) is 157 cm³/mol. The van der Waals surface area contributed by atoms with Gasteiger partial charge in [0.1, 0.15) is 73.8 Å². The maximum absolute atomic E-state index is 10.5. The summed E-state index contributed by atoms with van der Waals surface area (Å²) in [5.74, 6) is -2.35. The van der Waals surface area contributed by atoms with Crippen LogP contribution in [0, 0.1) is 0 Å². The molecule has 3 heterocycles. The van der Waals surface area contributed by atoms with Crippen LogP contribution in [0.15, 0.2) is 0 Å². The third-order valence-electron chi connectivity index (χ3n) is 8.91. The van der Waals surface area contributed by atoms with E-state index in [1.807, 2.05) is 0 Å². The van der Waals surface area contributed by atoms with Crippen LogP contribution in [0.5, 0.6) is 0 Å². The minimum absolute atomic E-state index is 0.0855. The fraction of sp³-hybridized carbons (Fsp3) is 1.00. The molecule has 16 heteroatoms. The number of hydrogen-bond donors (Lipinski definition) is 10. The Hall–Kier alpha value is -0.640. The first-order chi connectivity index (χ1) is 22.0. The summed E-state index contributed by atoms with van der Waals surface area (Å²) < 4.78 is 33.2. The van der Waals surface area contributed by atoms with Gasteiger partial charge in [-0.25, -0.2) is 0 Å². The van der Waals surface area contributed by atoms with Crippen molar-refractivity contribution < 1.29 is 79.5 Å². The molecule has 46 heavy (non-hydrogen) atoms. The normalized spacial score (nSPS) is 41.7. The van der Waals surface area contributed by atoms with E-state index in [2.05, 4.69) is 6.92 Å². The van der Waals surface area contributed by atoms with Gasteiger partial charge < -0.3 is 79.5 Å². The van der Waals surface area contributed by atoms with Crippen LogP contribution in [0.2, 0.25) is 0 Å². The SMILES string of the molecule is CCCCCCCCCCCCOC[C@H]1OC(OC[C@H]2OC(O[C@]3(CO)O[C@H](CO)[C@@H](O)[C@@H]3O)[C@H](O)[C@@H](O)[C@@H]2O)[C@H](O)[C@@H](O)[C@H]1O. The second-order valence-electron chi connectivity index (χ2n) is 12.5. The van der Waals surface area contributed by atoms with Crippen molar-refractivity contribution in [3.05, 3.63) is 0 Å². The quantitative estimate of drug-likeness (QED) is 0.0594. The maximum Gasteiger partial charge on any atom is 0.224 e. The molecule has 10 N–H and O–H groups in total. The van der Waals surface area contributed by atoms with E-state index in [1.54, 1.807) is 0 Å². The van der Waals surface area contributed by atoms with Crippen molar-refractivity contribution in [1.29, 1.82) is 0 Å². The molecule has 0 aromatic rings. The molecule has 0 aromatic heterocycles. The van der Waals surface area contributed by atoms with E-state index < -0.39 is 105 Å². The van der Waals surface area contributed by atoms with Gasteiger partial charge in [0.05, 0.1) is 19.8 Å². The van der Waals surface area contributed by atoms with Gasteiger partial charge in [-0.05, 0) is 6.42 Å². The molecule has 3 aliphatic heterocycles. The first kappa shape index (κ1) is 39.8. The topological polar surface area (TPSA) is 258 Å². The summed E-state index contributed by atoms with van der Waals surface area (Å²) in [5, 5.41) is 102. The van der Waals surface area contributed by atoms with Crippen LogP contribution in [0.1, 0.15) is 71.1 Å². The fourth-order valence-corrected chi connectivity index (χ4v) is 5.89. The molecule has 3 aliphatic rings. The van der Waals surface area contributed by atoms with E-state index in [0.717, 1.165) is 19.3 Å². The average Bonchev–Trinajstić information content (AvgIpc) is 3.30. The van der Waals surface area contributed by atoms with Gasteiger partial charge in [-0.3, -0.25) is 0 Å². The molecule has 16 nitrogen and oxygen atoms in total. The minimum atomic E-state index is -2.35. The number of aliphatic hydroxyl groups is 10. The van der Waals surface area contributed by atoms with Gasteiger partial charge in [0, 0.05) is 6.61 Å². The standard InChI is InChI=1S/C30H56O16/c1-2-3-4-5-6-7-8-9-10-11-12-41-14-18-20(33)23(36)25(38)28(43-18)42-15-19-21(34)24(37)26(39)29(44-19)46-30(16-32)27(40)22(35)17(13-31)45-30/h17-29,31-40H,2-16H2,1H3/t17-,18-,19-,20+,21-,22-,23+,24+,25-,26-,27+,28?,29?,30+/m1/s1. The van der Waals surface area contributed by atoms with Crippen molar-refractivity contribution in [2.24, 2.45) is 0 Å². The Kier molecular flexibility index (Phi) is 16.9. The lowest BCUT2D eigenvalue weighted by molar-refractivity contribution is -0.388. The Morgan fingerprint density at radius 1 is 0.565 bits per heavy atom. The Labute approximate surface area is 269 Å². The summed E-state index contributed by atoms with van der Waals surface area (Å²) in [6.45, 7) is 0.175. The lowest BCUT2D eigenvalue weighted by Gasteiger charge is -2.44. The van der Waals surface area contributed by atoms with Crippen molar-refractivity contribution in [3.63, 3.8) is 0 Å². The summed E-state index contributed by atoms with van der Waals surface area (Å²) >= 11 is 0. The Bertz CT molecular complexity index is 841. The lowest BCUT2D eigenvalue weighted by atomic mass is 9.98. The zero-order valence-electron chi connectivity index (χ0n) is 26.5. The molecule has 272 valence electrons. The van der Waals surface area contributed by atoms with Gasteiger partial charge in [-0.2, -0.15) is 0 Å². The van der Waals surface area contributed by atoms with Crippen LogP contribution in [0.25, 0.3) is 0 Å². The van der Waals surface area contributed by atoms with E-state index in [1.165, 1.54) is 44.9 Å². The number of aliphatic hydroxyl groups excluding tert-OH is 10. The fourth-order valence-electron chi connectivity index (χ4n) is 5.89. The number of rotatable bonds is 20. The molecular formula is C30H56O16. The smallest absolute Gasteiger partial charge is 0.224 e. The molecule has 0 saturated carbocycles. The van der Waals surface area contributed by atoms with Crippen LogP contribution in [-0.2, 0) is 28.4 Å². The van der Waals surface area contributed by atoms with Crippen LogP contribution in [0.3, 0.4) is 0 Å². The average molecular weight is 673 g/mol. The molecule has 3 saturated heterocycles. The Morgan fingerprint density at radius 2 is 1.09 bits per heavy atom. The molecule has 2 unspecified atom stereocenters. The molecule has 3 rings (SSSR count). The number of hydrogen-bond acceptors (Lipinski definition) is 16. The van der Waals surface area contributed by atoms with Gasteiger partial charge in [-0.15, -0.1) is 0 Å². The zero-order valence-corrected chi connectivity index (χ0v) is 26.5. The molecular weight excluding hydrogens is 616 g/mol. The third kappa shape index (κ3) is 10.2. The van der Waals surface area contributed by atoms with Crippen LogP contribution in [0.4, 0.5) is 0 Å². The molecule has 0 radical (unpaired) electrons. The van der Waals surface area contributed by atoms with E-state index in [4.69, 9.17) is 28.4 Å². The Balaban J connectivity index is 1.47. The summed E-state index contributed by atoms with van der Waals surface area (Å²) in [7, 11) is 0. The van der Waals surface area contributed by atoms with E-state index >= 15 is 0 Å². The van der Waals surface area contributed by atoms with E-state index in [-0.39, 0.29) is 6.61 Å². The molecule has 0 amide bonds. The van der Waals surface area contributed by atoms with Crippen LogP contribution < -0.4 is 0 Å². The molecule has 14 atom stereocenters. The Morgan fingerprint density at radius 3 is 1.63 bits per heavy atom. The van der Waals surface area contributed by atoms with Crippen molar-refractivity contribution in [2.75, 3.05) is 33.0 Å². The van der Waals surface area contributed by atoms with Crippen LogP contribution >= 0.6 is 0 Å². The van der Waals surface area contributed by atoms with Gasteiger partial charge in [0.2, 0.25) is 5.79 Å². The van der Waals surface area contributed by atoms with E-state index in [0.29, 0.717) is 6.61 Å². The van der Waals surface area contributed by atoms with E-state index in [9.17, 15) is 51.1 Å². The first-order valence-electron chi connectivity index (χ1n) is 16.5. The number of ether oxygens (including phenoxy) is 6. The highest BCUT2D eigenvalue weighted by atomic mass is 16.8. The summed E-state index contributed by atoms with van der Waals surface area (Å²) in [4.78, 5) is 0. The van der Waals surface area contributed by atoms with Crippen molar-refractivity contribution >= 4 is 0 Å². The maximum atomic E-state index is 10.5. The molecule has 3 fully saturated rings. The highest BCUT2D eigenvalue weighted by molar-refractivity contribution is 4.98. The molecule has 0 spiro atoms. The van der Waals surface area contributed by atoms with Gasteiger partial charge in [-0.1, -0.05) is 64.7 Å². The van der Waals surface area contributed by atoms with Crippen molar-refractivity contribution in [3.8, 4) is 0 Å². The highest BCUT2D eigenvalue weighted by Crippen LogP contribution is 2.36. The predicted octanol–water partition coefficient (Wildman–Crippen LogP) is -2.63. The minimum Gasteiger partial charge on any atom is -0.394 e. The second-order valence-corrected chi connectivity index (χ2v) is 12.5. The summed E-state index contributed by atoms with van der Waals surface area (Å²) in [5.41, 5.74) is 0. The summed E-state index contributed by atoms with van der Waals surface area (Å²) in [6.07, 6.45) is -9.41. The monoisotopic (exact) mass is 672 g/mol. The summed E-state index contributed by atoms with van der Waals surface area (Å²) in [6, 6.07) is 0. The zero-order chi connectivity index (χ0) is 33.9. The van der Waals surface area contributed by atoms with Crippen molar-refractivity contribution in [1.82, 2.24) is 0 Å². The van der Waals surface area contributed by atoms with Gasteiger partial charge >= 0.3 is 0 Å². The van der Waals surface area contributed by atoms with Gasteiger partial charge in [0.15, 0.2) is 12.6 Å². The largest absolute Gasteiger partial charge is 0.394 e.